The summed E-state index contributed by atoms with van der Waals surface area (Å²) in [5.74, 6) is -0.133. The monoisotopic (exact) mass is 303 g/mol. The first-order valence-corrected chi connectivity index (χ1v) is 6.36. The highest BCUT2D eigenvalue weighted by Crippen LogP contribution is 2.33. The summed E-state index contributed by atoms with van der Waals surface area (Å²) >= 11 is 1.03. The van der Waals surface area contributed by atoms with Gasteiger partial charge in [0.25, 0.3) is 0 Å². The molecule has 0 amide bonds. The van der Waals surface area contributed by atoms with E-state index >= 15 is 0 Å². The zero-order valence-corrected chi connectivity index (χ0v) is 10.7. The van der Waals surface area contributed by atoms with Crippen LogP contribution in [0.5, 0.6) is 0 Å². The van der Waals surface area contributed by atoms with E-state index in [1.807, 2.05) is 0 Å². The van der Waals surface area contributed by atoms with Crippen LogP contribution in [0.1, 0.15) is 29.9 Å². The Bertz CT molecular complexity index is 397. The molecule has 1 rings (SSSR count). The fraction of sp³-hybridized carbons (Fsp3) is 0.545. The summed E-state index contributed by atoms with van der Waals surface area (Å²) in [5.41, 5.74) is -0.538. The molecule has 0 spiro atoms. The summed E-state index contributed by atoms with van der Waals surface area (Å²) in [6.45, 7) is 1.63. The average molecular weight is 303 g/mol. The van der Waals surface area contributed by atoms with Gasteiger partial charge in [0.15, 0.2) is 0 Å². The molecule has 19 heavy (non-hydrogen) atoms. The summed E-state index contributed by atoms with van der Waals surface area (Å²) in [7, 11) is 0. The fourth-order valence-electron chi connectivity index (χ4n) is 1.26. The van der Waals surface area contributed by atoms with E-state index < -0.39 is 24.5 Å². The number of hydrogen-bond acceptors (Lipinski definition) is 2. The van der Waals surface area contributed by atoms with Crippen LogP contribution < -0.4 is 0 Å². The molecule has 1 nitrogen and oxygen atoms in total. The Hall–Kier alpha value is -0.920. The van der Waals surface area contributed by atoms with Crippen LogP contribution in [0.25, 0.3) is 0 Å². The van der Waals surface area contributed by atoms with Gasteiger partial charge in [-0.2, -0.15) is 38.1 Å². The van der Waals surface area contributed by atoms with Gasteiger partial charge in [-0.1, -0.05) is 6.07 Å². The van der Waals surface area contributed by atoms with E-state index in [4.69, 9.17) is 0 Å². The molecule has 0 aliphatic carbocycles. The lowest BCUT2D eigenvalue weighted by atomic mass is 10.2. The quantitative estimate of drug-likeness (QED) is 0.738. The van der Waals surface area contributed by atoms with Crippen molar-refractivity contribution in [2.75, 3.05) is 5.75 Å². The number of alkyl halides is 6. The van der Waals surface area contributed by atoms with Gasteiger partial charge in [-0.15, -0.1) is 0 Å². The minimum Gasteiger partial charge on any atom is -0.251 e. The molecule has 0 saturated heterocycles. The van der Waals surface area contributed by atoms with Crippen molar-refractivity contribution in [3.8, 4) is 0 Å². The lowest BCUT2D eigenvalue weighted by Crippen LogP contribution is -2.09. The van der Waals surface area contributed by atoms with Crippen molar-refractivity contribution in [3.63, 3.8) is 0 Å². The van der Waals surface area contributed by atoms with Crippen LogP contribution >= 0.6 is 11.8 Å². The molecule has 1 aromatic heterocycles. The van der Waals surface area contributed by atoms with E-state index in [9.17, 15) is 26.3 Å². The summed E-state index contributed by atoms with van der Waals surface area (Å²) in [5, 5.41) is -0.336. The summed E-state index contributed by atoms with van der Waals surface area (Å²) in [6, 6.07) is 2.07. The van der Waals surface area contributed by atoms with Gasteiger partial charge in [0.05, 0.1) is 6.42 Å². The van der Waals surface area contributed by atoms with Crippen LogP contribution in [0, 0.1) is 0 Å². The first-order valence-electron chi connectivity index (χ1n) is 5.31. The predicted molar refractivity (Wildman–Crippen MR) is 60.8 cm³/mol. The third kappa shape index (κ3) is 5.71. The SMILES string of the molecule is CC(SCCC(F)(F)F)c1ccc(C(F)(F)F)nc1. The van der Waals surface area contributed by atoms with Gasteiger partial charge in [0.1, 0.15) is 5.69 Å². The van der Waals surface area contributed by atoms with E-state index in [1.54, 1.807) is 6.92 Å². The van der Waals surface area contributed by atoms with Crippen molar-refractivity contribution >= 4 is 11.8 Å². The molecule has 0 saturated carbocycles. The Morgan fingerprint density at radius 2 is 1.79 bits per heavy atom. The largest absolute Gasteiger partial charge is 0.433 e. The molecule has 0 radical (unpaired) electrons. The number of halogens is 6. The number of hydrogen-bond donors (Lipinski definition) is 0. The second-order valence-corrected chi connectivity index (χ2v) is 5.30. The molecule has 1 heterocycles. The van der Waals surface area contributed by atoms with E-state index in [2.05, 4.69) is 4.98 Å². The Balaban J connectivity index is 2.56. The van der Waals surface area contributed by atoms with Crippen molar-refractivity contribution in [2.24, 2.45) is 0 Å². The molecule has 0 N–H and O–H groups in total. The summed E-state index contributed by atoms with van der Waals surface area (Å²) in [6.07, 6.45) is -8.60. The normalized spacial score (nSPS) is 14.5. The molecular formula is C11H11F6NS. The van der Waals surface area contributed by atoms with E-state index in [1.165, 1.54) is 6.07 Å². The maximum absolute atomic E-state index is 12.3. The van der Waals surface area contributed by atoms with Crippen LogP contribution in [0.4, 0.5) is 26.3 Å². The van der Waals surface area contributed by atoms with E-state index in [0.717, 1.165) is 24.0 Å². The van der Waals surface area contributed by atoms with E-state index in [-0.39, 0.29) is 11.0 Å². The lowest BCUT2D eigenvalue weighted by molar-refractivity contribution is -0.141. The second kappa shape index (κ2) is 6.02. The maximum atomic E-state index is 12.3. The molecule has 1 aromatic rings. The Morgan fingerprint density at radius 3 is 2.21 bits per heavy atom. The topological polar surface area (TPSA) is 12.9 Å². The predicted octanol–water partition coefficient (Wildman–Crippen LogP) is 4.85. The molecule has 0 aliphatic heterocycles. The van der Waals surface area contributed by atoms with Crippen LogP contribution in [-0.2, 0) is 6.18 Å². The molecule has 0 fully saturated rings. The Morgan fingerprint density at radius 1 is 1.16 bits per heavy atom. The van der Waals surface area contributed by atoms with Crippen LogP contribution in [-0.4, -0.2) is 16.9 Å². The van der Waals surface area contributed by atoms with Crippen LogP contribution in [0.2, 0.25) is 0 Å². The number of rotatable bonds is 4. The molecular weight excluding hydrogens is 292 g/mol. The van der Waals surface area contributed by atoms with Crippen molar-refractivity contribution < 1.29 is 26.3 Å². The van der Waals surface area contributed by atoms with Gasteiger partial charge >= 0.3 is 12.4 Å². The highest BCUT2D eigenvalue weighted by Gasteiger charge is 2.32. The zero-order chi connectivity index (χ0) is 14.7. The van der Waals surface area contributed by atoms with Crippen LogP contribution in [0.3, 0.4) is 0 Å². The van der Waals surface area contributed by atoms with Gasteiger partial charge in [-0.05, 0) is 18.6 Å². The van der Waals surface area contributed by atoms with Gasteiger partial charge in [0.2, 0.25) is 0 Å². The minimum atomic E-state index is -4.51. The minimum absolute atomic E-state index is 0.133. The fourth-order valence-corrected chi connectivity index (χ4v) is 2.30. The van der Waals surface area contributed by atoms with Gasteiger partial charge in [-0.25, -0.2) is 0 Å². The van der Waals surface area contributed by atoms with Crippen molar-refractivity contribution in [1.29, 1.82) is 0 Å². The molecule has 1 atom stereocenters. The number of nitrogens with zero attached hydrogens (tertiary/aromatic N) is 1. The molecule has 1 unspecified atom stereocenters. The number of aromatic nitrogens is 1. The number of pyridine rings is 1. The number of thioether (sulfide) groups is 1. The molecule has 8 heteroatoms. The first-order chi connectivity index (χ1) is 8.59. The van der Waals surface area contributed by atoms with Crippen molar-refractivity contribution in [1.82, 2.24) is 4.98 Å². The summed E-state index contributed by atoms with van der Waals surface area (Å²) < 4.78 is 72.6. The first kappa shape index (κ1) is 16.1. The van der Waals surface area contributed by atoms with E-state index in [0.29, 0.717) is 5.56 Å². The molecule has 0 aliphatic rings. The average Bonchev–Trinajstić information content (AvgIpc) is 2.26. The third-order valence-corrected chi connectivity index (χ3v) is 3.51. The smallest absolute Gasteiger partial charge is 0.251 e. The maximum Gasteiger partial charge on any atom is 0.433 e. The lowest BCUT2D eigenvalue weighted by Gasteiger charge is -2.13. The Kier molecular flexibility index (Phi) is 5.11. The molecule has 0 bridgehead atoms. The Labute approximate surface area is 110 Å². The standard InChI is InChI=1S/C11H11F6NS/c1-7(19-5-4-10(12,13)14)8-2-3-9(18-6-8)11(15,16)17/h2-3,6-7H,4-5H2,1H3. The van der Waals surface area contributed by atoms with Gasteiger partial charge < -0.3 is 0 Å². The summed E-state index contributed by atoms with van der Waals surface area (Å²) in [4.78, 5) is 3.27. The van der Waals surface area contributed by atoms with Crippen molar-refractivity contribution in [2.45, 2.75) is 30.9 Å². The highest BCUT2D eigenvalue weighted by molar-refractivity contribution is 7.99. The van der Waals surface area contributed by atoms with Gasteiger partial charge in [0, 0.05) is 17.2 Å². The third-order valence-electron chi connectivity index (χ3n) is 2.30. The van der Waals surface area contributed by atoms with Gasteiger partial charge in [-0.3, -0.25) is 4.98 Å². The zero-order valence-electron chi connectivity index (χ0n) is 9.85. The second-order valence-electron chi connectivity index (χ2n) is 3.85. The highest BCUT2D eigenvalue weighted by atomic mass is 32.2. The molecule has 108 valence electrons. The molecule has 0 aromatic carbocycles. The van der Waals surface area contributed by atoms with Crippen molar-refractivity contribution in [3.05, 3.63) is 29.6 Å². The van der Waals surface area contributed by atoms with Crippen LogP contribution in [0.15, 0.2) is 18.3 Å².